The van der Waals surface area contributed by atoms with E-state index >= 15 is 0 Å². The standard InChI is InChI=1S/C21H20N2O6/c1-28-17-9-13(10-18(29-2)20(17)26)5-3-6-14(11-22)21(27)23-12-15-7-4-8-16(24)19(15)25/h3-10,24-26H,12H2,1-2H3,(H,23,27)/b5-3+,14-6+. The number of nitriles is 1. The maximum atomic E-state index is 12.2. The number of allylic oxidation sites excluding steroid dienone is 2. The Labute approximate surface area is 167 Å². The summed E-state index contributed by atoms with van der Waals surface area (Å²) in [5.41, 5.74) is 0.781. The highest BCUT2D eigenvalue weighted by molar-refractivity contribution is 5.97. The second-order valence-electron chi connectivity index (χ2n) is 5.79. The molecule has 0 radical (unpaired) electrons. The summed E-state index contributed by atoms with van der Waals surface area (Å²) in [5.74, 6) is -0.953. The SMILES string of the molecule is COc1cc(/C=C/C=C(\C#N)C(=O)NCc2cccc(O)c2O)cc(OC)c1O. The number of carbonyl (C=O) groups excluding carboxylic acids is 1. The fraction of sp³-hybridized carbons (Fsp3) is 0.143. The van der Waals surface area contributed by atoms with Crippen LogP contribution in [0.15, 0.2) is 48.1 Å². The van der Waals surface area contributed by atoms with Gasteiger partial charge in [0.25, 0.3) is 5.91 Å². The first-order valence-corrected chi connectivity index (χ1v) is 8.42. The van der Waals surface area contributed by atoms with Gasteiger partial charge in [-0.3, -0.25) is 4.79 Å². The van der Waals surface area contributed by atoms with Gasteiger partial charge in [-0.2, -0.15) is 5.26 Å². The second-order valence-corrected chi connectivity index (χ2v) is 5.79. The van der Waals surface area contributed by atoms with Gasteiger partial charge in [-0.1, -0.05) is 24.3 Å². The molecule has 2 aromatic rings. The third-order valence-electron chi connectivity index (χ3n) is 3.96. The number of hydrogen-bond donors (Lipinski definition) is 4. The fourth-order valence-electron chi connectivity index (χ4n) is 2.42. The topological polar surface area (TPSA) is 132 Å². The molecule has 29 heavy (non-hydrogen) atoms. The van der Waals surface area contributed by atoms with E-state index in [1.807, 2.05) is 0 Å². The number of nitrogens with zero attached hydrogens (tertiary/aromatic N) is 1. The summed E-state index contributed by atoms with van der Waals surface area (Å²) < 4.78 is 10.1. The molecule has 150 valence electrons. The number of methoxy groups -OCH3 is 2. The van der Waals surface area contributed by atoms with E-state index in [0.29, 0.717) is 11.1 Å². The smallest absolute Gasteiger partial charge is 0.262 e. The Morgan fingerprint density at radius 2 is 1.79 bits per heavy atom. The first kappa shape index (κ1) is 21.2. The molecule has 8 nitrogen and oxygen atoms in total. The van der Waals surface area contributed by atoms with Crippen molar-refractivity contribution in [2.24, 2.45) is 0 Å². The first-order chi connectivity index (χ1) is 13.9. The summed E-state index contributed by atoms with van der Waals surface area (Å²) in [6.45, 7) is -0.0613. The Bertz CT molecular complexity index is 980. The van der Waals surface area contributed by atoms with Crippen molar-refractivity contribution in [3.8, 4) is 34.8 Å². The maximum Gasteiger partial charge on any atom is 0.262 e. The highest BCUT2D eigenvalue weighted by Gasteiger charge is 2.11. The Morgan fingerprint density at radius 3 is 2.38 bits per heavy atom. The largest absolute Gasteiger partial charge is 0.504 e. The molecule has 0 unspecified atom stereocenters. The number of amides is 1. The predicted octanol–water partition coefficient (Wildman–Crippen LogP) is 2.60. The minimum absolute atomic E-state index is 0.0613. The van der Waals surface area contributed by atoms with E-state index in [0.717, 1.165) is 0 Å². The maximum absolute atomic E-state index is 12.2. The Hall–Kier alpha value is -4.12. The monoisotopic (exact) mass is 396 g/mol. The quantitative estimate of drug-likeness (QED) is 0.245. The zero-order chi connectivity index (χ0) is 21.4. The van der Waals surface area contributed by atoms with Crippen LogP contribution < -0.4 is 14.8 Å². The number of nitrogens with one attached hydrogen (secondary N) is 1. The van der Waals surface area contributed by atoms with Gasteiger partial charge in [-0.15, -0.1) is 0 Å². The van der Waals surface area contributed by atoms with Crippen molar-refractivity contribution in [1.82, 2.24) is 5.32 Å². The van der Waals surface area contributed by atoms with Gasteiger partial charge in [-0.25, -0.2) is 0 Å². The molecule has 0 aliphatic rings. The van der Waals surface area contributed by atoms with Crippen molar-refractivity contribution in [3.05, 3.63) is 59.2 Å². The van der Waals surface area contributed by atoms with Crippen LogP contribution in [0.1, 0.15) is 11.1 Å². The summed E-state index contributed by atoms with van der Waals surface area (Å²) in [5, 5.41) is 40.8. The van der Waals surface area contributed by atoms with Gasteiger partial charge in [0.2, 0.25) is 5.75 Å². The molecular weight excluding hydrogens is 376 g/mol. The summed E-state index contributed by atoms with van der Waals surface area (Å²) in [6.07, 6.45) is 4.43. The van der Waals surface area contributed by atoms with E-state index < -0.39 is 5.91 Å². The van der Waals surface area contributed by atoms with Crippen LogP contribution in [-0.2, 0) is 11.3 Å². The Morgan fingerprint density at radius 1 is 1.14 bits per heavy atom. The van der Waals surface area contributed by atoms with Gasteiger partial charge in [-0.05, 0) is 29.8 Å². The molecule has 0 bridgehead atoms. The lowest BCUT2D eigenvalue weighted by Gasteiger charge is -2.09. The Balaban J connectivity index is 2.12. The molecule has 2 aromatic carbocycles. The van der Waals surface area contributed by atoms with Gasteiger partial charge in [0.15, 0.2) is 23.0 Å². The molecule has 0 fully saturated rings. The van der Waals surface area contributed by atoms with Gasteiger partial charge in [0.05, 0.1) is 14.2 Å². The fourth-order valence-corrected chi connectivity index (χ4v) is 2.42. The lowest BCUT2D eigenvalue weighted by atomic mass is 10.1. The number of ether oxygens (including phenoxy) is 2. The highest BCUT2D eigenvalue weighted by Crippen LogP contribution is 2.37. The average Bonchev–Trinajstić information content (AvgIpc) is 2.72. The minimum atomic E-state index is -0.638. The van der Waals surface area contributed by atoms with Crippen molar-refractivity contribution < 1.29 is 29.6 Å². The summed E-state index contributed by atoms with van der Waals surface area (Å²) >= 11 is 0. The van der Waals surface area contributed by atoms with E-state index in [-0.39, 0.29) is 40.9 Å². The van der Waals surface area contributed by atoms with Crippen LogP contribution in [0.5, 0.6) is 28.7 Å². The lowest BCUT2D eigenvalue weighted by molar-refractivity contribution is -0.117. The van der Waals surface area contributed by atoms with E-state index in [2.05, 4.69) is 5.32 Å². The number of carbonyl (C=O) groups is 1. The number of aromatic hydroxyl groups is 3. The molecule has 0 saturated heterocycles. The van der Waals surface area contributed by atoms with Crippen molar-refractivity contribution in [2.75, 3.05) is 14.2 Å². The van der Waals surface area contributed by atoms with Gasteiger partial charge in [0.1, 0.15) is 11.6 Å². The summed E-state index contributed by atoms with van der Waals surface area (Å²) in [6, 6.07) is 9.32. The molecule has 0 atom stereocenters. The van der Waals surface area contributed by atoms with Crippen LogP contribution in [0.3, 0.4) is 0 Å². The number of hydrogen-bond acceptors (Lipinski definition) is 7. The molecule has 0 aromatic heterocycles. The van der Waals surface area contributed by atoms with Gasteiger partial charge < -0.3 is 30.1 Å². The van der Waals surface area contributed by atoms with Crippen LogP contribution in [0, 0.1) is 11.3 Å². The highest BCUT2D eigenvalue weighted by atomic mass is 16.5. The van der Waals surface area contributed by atoms with Crippen molar-refractivity contribution in [2.45, 2.75) is 6.54 Å². The van der Waals surface area contributed by atoms with E-state index in [1.54, 1.807) is 24.3 Å². The summed E-state index contributed by atoms with van der Waals surface area (Å²) in [7, 11) is 2.81. The third kappa shape index (κ3) is 5.20. The number of benzene rings is 2. The molecule has 0 heterocycles. The number of phenolic OH excluding ortho intramolecular Hbond substituents is 3. The van der Waals surface area contributed by atoms with Crippen LogP contribution in [-0.4, -0.2) is 35.4 Å². The van der Waals surface area contributed by atoms with Crippen LogP contribution in [0.2, 0.25) is 0 Å². The van der Waals surface area contributed by atoms with Gasteiger partial charge in [0, 0.05) is 12.1 Å². The number of phenols is 3. The zero-order valence-corrected chi connectivity index (χ0v) is 15.8. The lowest BCUT2D eigenvalue weighted by Crippen LogP contribution is -2.24. The van der Waals surface area contributed by atoms with Crippen molar-refractivity contribution in [1.29, 1.82) is 5.26 Å². The second kappa shape index (κ2) is 9.71. The van der Waals surface area contributed by atoms with E-state index in [4.69, 9.17) is 9.47 Å². The molecular formula is C21H20N2O6. The molecule has 0 aliphatic heterocycles. The normalized spacial score (nSPS) is 11.1. The molecule has 1 amide bonds. The van der Waals surface area contributed by atoms with E-state index in [1.165, 1.54) is 44.6 Å². The van der Waals surface area contributed by atoms with E-state index in [9.17, 15) is 25.4 Å². The molecule has 2 rings (SSSR count). The van der Waals surface area contributed by atoms with Crippen molar-refractivity contribution >= 4 is 12.0 Å². The molecule has 0 aliphatic carbocycles. The Kier molecular flexibility index (Phi) is 7.09. The minimum Gasteiger partial charge on any atom is -0.504 e. The van der Waals surface area contributed by atoms with Crippen molar-refractivity contribution in [3.63, 3.8) is 0 Å². The van der Waals surface area contributed by atoms with Gasteiger partial charge >= 0.3 is 0 Å². The first-order valence-electron chi connectivity index (χ1n) is 8.42. The molecule has 0 spiro atoms. The average molecular weight is 396 g/mol. The number of para-hydroxylation sites is 1. The van der Waals surface area contributed by atoms with Crippen LogP contribution in [0.25, 0.3) is 6.08 Å². The summed E-state index contributed by atoms with van der Waals surface area (Å²) in [4.78, 5) is 12.2. The van der Waals surface area contributed by atoms with Crippen LogP contribution >= 0.6 is 0 Å². The molecule has 0 saturated carbocycles. The number of rotatable bonds is 7. The molecule has 4 N–H and O–H groups in total. The van der Waals surface area contributed by atoms with Crippen LogP contribution in [0.4, 0.5) is 0 Å². The third-order valence-corrected chi connectivity index (χ3v) is 3.96. The molecule has 8 heteroatoms. The zero-order valence-electron chi connectivity index (χ0n) is 15.8. The predicted molar refractivity (Wildman–Crippen MR) is 106 cm³/mol.